The molecule has 17 heteroatoms. The third-order valence-electron chi connectivity index (χ3n) is 7.42. The van der Waals surface area contributed by atoms with Crippen molar-refractivity contribution < 1.29 is 27.7 Å². The molecule has 0 amide bonds. The topological polar surface area (TPSA) is 167 Å². The third kappa shape index (κ3) is 5.60. The van der Waals surface area contributed by atoms with Gasteiger partial charge in [0.1, 0.15) is 24.6 Å². The third-order valence-corrected chi connectivity index (χ3v) is 16.1. The van der Waals surface area contributed by atoms with E-state index in [4.69, 9.17) is 23.9 Å². The van der Waals surface area contributed by atoms with Crippen LogP contribution in [0, 0.1) is 10.1 Å². The monoisotopic (exact) mass is 672 g/mol. The fourth-order valence-corrected chi connectivity index (χ4v) is 9.44. The van der Waals surface area contributed by atoms with Gasteiger partial charge in [-0.3, -0.25) is 23.7 Å². The van der Waals surface area contributed by atoms with E-state index in [-0.39, 0.29) is 28.9 Å². The van der Waals surface area contributed by atoms with Crippen molar-refractivity contribution in [2.24, 2.45) is 0 Å². The number of ether oxygens (including phenoxy) is 1. The molecule has 2 fully saturated rings. The van der Waals surface area contributed by atoms with Gasteiger partial charge in [-0.2, -0.15) is 0 Å². The van der Waals surface area contributed by atoms with E-state index in [9.17, 15) is 14.7 Å². The summed E-state index contributed by atoms with van der Waals surface area (Å²) < 4.78 is 41.3. The van der Waals surface area contributed by atoms with Crippen LogP contribution < -0.4 is 5.73 Å². The first-order valence-corrected chi connectivity index (χ1v) is 19.3. The minimum absolute atomic E-state index is 0.0154. The zero-order chi connectivity index (χ0) is 29.0. The quantitative estimate of drug-likeness (QED) is 0.105. The van der Waals surface area contributed by atoms with Gasteiger partial charge < -0.3 is 14.9 Å². The number of aromatic nitrogens is 4. The molecule has 2 unspecified atom stereocenters. The molecule has 40 heavy (non-hydrogen) atoms. The van der Waals surface area contributed by atoms with E-state index in [1.165, 1.54) is 18.5 Å². The van der Waals surface area contributed by atoms with Crippen molar-refractivity contribution >= 4 is 65.1 Å². The zero-order valence-electron chi connectivity index (χ0n) is 22.5. The molecule has 5 atom stereocenters. The van der Waals surface area contributed by atoms with E-state index in [1.54, 1.807) is 16.7 Å². The van der Waals surface area contributed by atoms with Gasteiger partial charge >= 0.3 is 6.80 Å². The average Bonchev–Trinajstić information content (AvgIpc) is 3.39. The minimum atomic E-state index is -3.64. The van der Waals surface area contributed by atoms with Crippen LogP contribution in [-0.4, -0.2) is 57.7 Å². The van der Waals surface area contributed by atoms with E-state index in [0.29, 0.717) is 15.9 Å². The van der Waals surface area contributed by atoms with Crippen LogP contribution in [0.4, 0.5) is 11.5 Å². The summed E-state index contributed by atoms with van der Waals surface area (Å²) in [4.78, 5) is 23.4. The highest BCUT2D eigenvalue weighted by atomic mass is 79.9. The fraction of sp³-hybridized carbons (Fsp3) is 0.522. The molecule has 0 radical (unpaired) electrons. The molecule has 4 heterocycles. The molecule has 0 aliphatic carbocycles. The highest BCUT2D eigenvalue weighted by Crippen LogP contribution is 2.66. The number of nitro benzene ring substituents is 1. The van der Waals surface area contributed by atoms with Crippen LogP contribution in [-0.2, 0) is 28.5 Å². The Balaban J connectivity index is 1.45. The maximum atomic E-state index is 13.8. The lowest BCUT2D eigenvalue weighted by Gasteiger charge is -2.41. The van der Waals surface area contributed by atoms with Gasteiger partial charge in [0, 0.05) is 17.9 Å². The average molecular weight is 674 g/mol. The molecular formula is C23H30BrN6O7PSSi. The van der Waals surface area contributed by atoms with E-state index in [1.807, 2.05) is 0 Å². The minimum Gasteiger partial charge on any atom is -0.407 e. The van der Waals surface area contributed by atoms with Crippen molar-refractivity contribution in [3.8, 4) is 0 Å². The molecule has 2 aliphatic heterocycles. The Morgan fingerprint density at radius 2 is 2.00 bits per heavy atom. The number of nitrogens with zero attached hydrogens (tertiary/aromatic N) is 5. The molecule has 216 valence electrons. The van der Waals surface area contributed by atoms with Crippen LogP contribution in [0.3, 0.4) is 0 Å². The Hall–Kier alpha value is -1.91. The number of nitro groups is 1. The predicted molar refractivity (Wildman–Crippen MR) is 156 cm³/mol. The standard InChI is InChI=1S/C23H30BrN6O7PSSi/c1-23(2,3)40(4,5)37-18-17-15(35-21(18)29-20-16(28-22(29)24)19(25)26-12-27-20)10-34-38(33,36-17)39-11-13-6-8-14(9-7-13)30(31)32/h6-9,12,15,17-18,21H,10-11H2,1-5H3,(H2,25,26,27)/t15?,17-,18-,21?,38+/m0/s1. The number of imidazole rings is 1. The molecule has 2 saturated heterocycles. The lowest BCUT2D eigenvalue weighted by Crippen LogP contribution is -2.50. The SMILES string of the molecule is CC(C)(C)[Si](C)(C)O[C@@H]1C(n2c(Br)nc3c(N)ncnc32)OC2CO[P@@](=O)(SCc3ccc([N+](=O)[O-])cc3)O[C@@H]21. The summed E-state index contributed by atoms with van der Waals surface area (Å²) in [5.41, 5.74) is 7.67. The van der Waals surface area contributed by atoms with Gasteiger partial charge in [0.15, 0.2) is 36.3 Å². The van der Waals surface area contributed by atoms with E-state index in [2.05, 4.69) is 64.7 Å². The van der Waals surface area contributed by atoms with Crippen molar-refractivity contribution in [2.75, 3.05) is 12.3 Å². The summed E-state index contributed by atoms with van der Waals surface area (Å²) in [5.74, 6) is 0.506. The summed E-state index contributed by atoms with van der Waals surface area (Å²) in [6.45, 7) is 7.04. The van der Waals surface area contributed by atoms with Crippen LogP contribution in [0.2, 0.25) is 18.1 Å². The summed E-state index contributed by atoms with van der Waals surface area (Å²) in [6.07, 6.45) is -1.30. The molecule has 0 spiro atoms. The summed E-state index contributed by atoms with van der Waals surface area (Å²) in [7, 11) is -2.39. The number of nitrogen functional groups attached to an aromatic ring is 1. The highest BCUT2D eigenvalue weighted by molar-refractivity contribution is 9.10. The van der Waals surface area contributed by atoms with Crippen LogP contribution >= 0.6 is 34.1 Å². The molecule has 0 bridgehead atoms. The van der Waals surface area contributed by atoms with Gasteiger partial charge in [-0.25, -0.2) is 19.5 Å². The molecule has 2 N–H and O–H groups in total. The second-order valence-electron chi connectivity index (χ2n) is 11.1. The molecule has 13 nitrogen and oxygen atoms in total. The normalized spacial score (nSPS) is 27.1. The van der Waals surface area contributed by atoms with E-state index >= 15 is 0 Å². The first kappa shape index (κ1) is 29.6. The number of hydrogen-bond acceptors (Lipinski definition) is 12. The number of anilines is 1. The van der Waals surface area contributed by atoms with Gasteiger partial charge in [0.05, 0.1) is 11.5 Å². The Labute approximate surface area is 244 Å². The van der Waals surface area contributed by atoms with Gasteiger partial charge in [-0.15, -0.1) is 0 Å². The first-order valence-electron chi connectivity index (χ1n) is 12.5. The molecule has 5 rings (SSSR count). The van der Waals surface area contributed by atoms with Crippen LogP contribution in [0.25, 0.3) is 11.2 Å². The molecule has 0 saturated carbocycles. The van der Waals surface area contributed by atoms with Gasteiger partial charge in [-0.1, -0.05) is 32.9 Å². The van der Waals surface area contributed by atoms with Crippen molar-refractivity contribution in [2.45, 2.75) is 69.2 Å². The van der Waals surface area contributed by atoms with Crippen LogP contribution in [0.5, 0.6) is 0 Å². The Kier molecular flexibility index (Phi) is 7.93. The zero-order valence-corrected chi connectivity index (χ0v) is 26.8. The summed E-state index contributed by atoms with van der Waals surface area (Å²) >= 11 is 4.54. The first-order chi connectivity index (χ1) is 18.7. The molecule has 2 aliphatic rings. The summed E-state index contributed by atoms with van der Waals surface area (Å²) in [6, 6.07) is 6.06. The Morgan fingerprint density at radius 1 is 1.30 bits per heavy atom. The van der Waals surface area contributed by atoms with Crippen LogP contribution in [0.1, 0.15) is 32.6 Å². The maximum Gasteiger partial charge on any atom is 0.389 e. The van der Waals surface area contributed by atoms with Gasteiger partial charge in [0.25, 0.3) is 5.69 Å². The lowest BCUT2D eigenvalue weighted by molar-refractivity contribution is -0.384. The number of halogens is 1. The number of rotatable bonds is 7. The second kappa shape index (κ2) is 10.7. The van der Waals surface area contributed by atoms with E-state index in [0.717, 1.165) is 16.9 Å². The largest absolute Gasteiger partial charge is 0.407 e. The number of fused-ring (bicyclic) bond motifs is 2. The number of non-ortho nitro benzene ring substituents is 1. The van der Waals surface area contributed by atoms with Crippen molar-refractivity contribution in [1.82, 2.24) is 19.5 Å². The Bertz CT molecular complexity index is 1490. The fourth-order valence-electron chi connectivity index (χ4n) is 4.22. The van der Waals surface area contributed by atoms with Gasteiger partial charge in [0.2, 0.25) is 0 Å². The predicted octanol–water partition coefficient (Wildman–Crippen LogP) is 5.82. The number of hydrogen-bond donors (Lipinski definition) is 1. The summed E-state index contributed by atoms with van der Waals surface area (Å²) in [5, 5.41) is 10.8. The molecular weight excluding hydrogens is 643 g/mol. The van der Waals surface area contributed by atoms with Gasteiger partial charge in [-0.05, 0) is 51.0 Å². The highest BCUT2D eigenvalue weighted by Gasteiger charge is 2.57. The molecule has 1 aromatic carbocycles. The maximum absolute atomic E-state index is 13.8. The van der Waals surface area contributed by atoms with Crippen LogP contribution in [0.15, 0.2) is 35.3 Å². The number of benzene rings is 1. The van der Waals surface area contributed by atoms with Crippen molar-refractivity contribution in [1.29, 1.82) is 0 Å². The van der Waals surface area contributed by atoms with E-state index < -0.39 is 44.6 Å². The van der Waals surface area contributed by atoms with Crippen molar-refractivity contribution in [3.05, 3.63) is 51.0 Å². The lowest BCUT2D eigenvalue weighted by atomic mass is 10.1. The second-order valence-corrected chi connectivity index (χ2v) is 20.6. The number of nitrogens with two attached hydrogens (primary N) is 1. The molecule has 3 aromatic rings. The Morgan fingerprint density at radius 3 is 2.65 bits per heavy atom. The smallest absolute Gasteiger partial charge is 0.389 e. The van der Waals surface area contributed by atoms with Crippen molar-refractivity contribution in [3.63, 3.8) is 0 Å². The molecule has 2 aromatic heterocycles.